The number of ether oxygens (including phenoxy) is 2. The van der Waals surface area contributed by atoms with Crippen LogP contribution in [0.5, 0.6) is 0 Å². The van der Waals surface area contributed by atoms with Crippen molar-refractivity contribution in [3.8, 4) is 0 Å². The maximum atomic E-state index is 6.73. The fraction of sp³-hybridized carbons (Fsp3) is 0.778. The van der Waals surface area contributed by atoms with E-state index in [1.807, 2.05) is 0 Å². The van der Waals surface area contributed by atoms with Gasteiger partial charge in [-0.1, -0.05) is 152 Å². The summed E-state index contributed by atoms with van der Waals surface area (Å²) in [4.78, 5) is 0. The Hall–Kier alpha value is -1.38. The molecule has 0 aromatic carbocycles. The van der Waals surface area contributed by atoms with Crippen LogP contribution in [0.3, 0.4) is 0 Å². The van der Waals surface area contributed by atoms with E-state index >= 15 is 0 Å². The lowest BCUT2D eigenvalue weighted by atomic mass is 9.99. The summed E-state index contributed by atoms with van der Waals surface area (Å²) in [5.41, 5.74) is 0. The molecule has 0 aromatic heterocycles. The Bertz CT molecular complexity index is 834. The highest BCUT2D eigenvalue weighted by atomic mass is 16.8. The molecular formula is C45H78O2. The monoisotopic (exact) mass is 651 g/mol. The molecule has 1 saturated heterocycles. The van der Waals surface area contributed by atoms with Gasteiger partial charge < -0.3 is 9.47 Å². The predicted octanol–water partition coefficient (Wildman–Crippen LogP) is 14.9. The number of hydrogen-bond acceptors (Lipinski definition) is 2. The molecule has 1 heterocycles. The van der Waals surface area contributed by atoms with Crippen LogP contribution in [0.25, 0.3) is 0 Å². The van der Waals surface area contributed by atoms with Crippen molar-refractivity contribution in [2.75, 3.05) is 0 Å². The van der Waals surface area contributed by atoms with Gasteiger partial charge in [0.05, 0.1) is 12.2 Å². The molecule has 2 heteroatoms. The summed E-state index contributed by atoms with van der Waals surface area (Å²) in [6, 6.07) is 0. The molecule has 270 valence electrons. The molecule has 2 fully saturated rings. The molecule has 2 rings (SSSR count). The molecule has 0 bridgehead atoms. The summed E-state index contributed by atoms with van der Waals surface area (Å²) in [6.45, 7) is 6.91. The molecular weight excluding hydrogens is 572 g/mol. The minimum atomic E-state index is -0.306. The van der Waals surface area contributed by atoms with Crippen LogP contribution in [0, 0.1) is 5.92 Å². The van der Waals surface area contributed by atoms with Gasteiger partial charge in [0.1, 0.15) is 0 Å². The molecule has 0 aromatic rings. The second kappa shape index (κ2) is 29.5. The third kappa shape index (κ3) is 22.1. The first-order valence-electron chi connectivity index (χ1n) is 20.8. The van der Waals surface area contributed by atoms with E-state index in [0.717, 1.165) is 44.4 Å². The second-order valence-electron chi connectivity index (χ2n) is 14.8. The summed E-state index contributed by atoms with van der Waals surface area (Å²) >= 11 is 0. The number of hydrogen-bond donors (Lipinski definition) is 0. The molecule has 0 radical (unpaired) electrons. The molecule has 1 aliphatic carbocycles. The van der Waals surface area contributed by atoms with E-state index in [1.54, 1.807) is 0 Å². The summed E-state index contributed by atoms with van der Waals surface area (Å²) in [5, 5.41) is 0. The van der Waals surface area contributed by atoms with Crippen molar-refractivity contribution in [3.63, 3.8) is 0 Å². The van der Waals surface area contributed by atoms with Gasteiger partial charge in [-0.3, -0.25) is 0 Å². The van der Waals surface area contributed by atoms with E-state index in [2.05, 4.69) is 81.5 Å². The lowest BCUT2D eigenvalue weighted by Gasteiger charge is -2.30. The van der Waals surface area contributed by atoms with Crippen LogP contribution >= 0.6 is 0 Å². The first-order chi connectivity index (χ1) is 23.2. The molecule has 0 N–H and O–H groups in total. The summed E-state index contributed by atoms with van der Waals surface area (Å²) in [5.74, 6) is 0.435. The standard InChI is InChI=1S/C45H78O2/c1-4-6-8-10-12-14-16-18-20-22-23-25-27-29-31-33-35-37-39-45(46-43-40-42(3)41-44(43)47-45)38-36-34-32-30-28-26-24-21-19-17-15-13-11-9-7-5-2/h15-18,21-24,28,30,42-44H,4-14,19-20,25-27,29,31-41H2,1-3H3/b17-15-,18-16-,23-22-,24-21-,30-28-/t42?,43-,44+,45?. The van der Waals surface area contributed by atoms with E-state index in [-0.39, 0.29) is 5.79 Å². The SMILES string of the molecule is CCCCCC/C=C\C/C=C\C/C=C\CCCCC1(CCCCCCCC/C=C\C/C=C\CCCCCCC)O[C@H]2CC(C)C[C@H]2O1. The topological polar surface area (TPSA) is 18.5 Å². The van der Waals surface area contributed by atoms with E-state index in [1.165, 1.54) is 141 Å². The molecule has 0 amide bonds. The molecule has 47 heavy (non-hydrogen) atoms. The van der Waals surface area contributed by atoms with Crippen LogP contribution in [0.4, 0.5) is 0 Å². The van der Waals surface area contributed by atoms with Crippen molar-refractivity contribution >= 4 is 0 Å². The lowest BCUT2D eigenvalue weighted by molar-refractivity contribution is -0.192. The highest BCUT2D eigenvalue weighted by Crippen LogP contribution is 2.45. The Morgan fingerprint density at radius 1 is 0.426 bits per heavy atom. The van der Waals surface area contributed by atoms with Crippen molar-refractivity contribution in [2.24, 2.45) is 5.92 Å². The van der Waals surface area contributed by atoms with Crippen LogP contribution in [0.2, 0.25) is 0 Å². The van der Waals surface area contributed by atoms with Gasteiger partial charge in [-0.15, -0.1) is 0 Å². The van der Waals surface area contributed by atoms with Crippen LogP contribution in [-0.4, -0.2) is 18.0 Å². The molecule has 4 atom stereocenters. The largest absolute Gasteiger partial charge is 0.344 e. The summed E-state index contributed by atoms with van der Waals surface area (Å²) in [6.07, 6.45) is 59.4. The maximum absolute atomic E-state index is 6.73. The number of allylic oxidation sites excluding steroid dienone is 10. The van der Waals surface area contributed by atoms with Crippen LogP contribution < -0.4 is 0 Å². The van der Waals surface area contributed by atoms with Gasteiger partial charge in [-0.05, 0) is 102 Å². The highest BCUT2D eigenvalue weighted by molar-refractivity contribution is 4.98. The normalized spacial score (nSPS) is 23.3. The number of unbranched alkanes of at least 4 members (excludes halogenated alkanes) is 17. The van der Waals surface area contributed by atoms with Crippen molar-refractivity contribution in [2.45, 2.75) is 219 Å². The Kier molecular flexibility index (Phi) is 26.3. The second-order valence-corrected chi connectivity index (χ2v) is 14.8. The van der Waals surface area contributed by atoms with E-state index < -0.39 is 0 Å². The van der Waals surface area contributed by atoms with Crippen LogP contribution in [0.1, 0.15) is 201 Å². The van der Waals surface area contributed by atoms with Gasteiger partial charge in [0, 0.05) is 12.8 Å². The van der Waals surface area contributed by atoms with Gasteiger partial charge in [-0.25, -0.2) is 0 Å². The Labute approximate surface area is 294 Å². The van der Waals surface area contributed by atoms with Crippen molar-refractivity contribution in [3.05, 3.63) is 60.8 Å². The first-order valence-corrected chi connectivity index (χ1v) is 20.8. The fourth-order valence-electron chi connectivity index (χ4n) is 7.24. The van der Waals surface area contributed by atoms with Gasteiger partial charge >= 0.3 is 0 Å². The van der Waals surface area contributed by atoms with Crippen molar-refractivity contribution < 1.29 is 9.47 Å². The van der Waals surface area contributed by atoms with Gasteiger partial charge in [0.15, 0.2) is 5.79 Å². The van der Waals surface area contributed by atoms with Gasteiger partial charge in [0.25, 0.3) is 0 Å². The zero-order valence-electron chi connectivity index (χ0n) is 31.6. The zero-order chi connectivity index (χ0) is 33.5. The average Bonchev–Trinajstić information content (AvgIpc) is 3.57. The molecule has 2 unspecified atom stereocenters. The average molecular weight is 651 g/mol. The minimum absolute atomic E-state index is 0.306. The van der Waals surface area contributed by atoms with E-state index in [4.69, 9.17) is 9.47 Å². The molecule has 2 nitrogen and oxygen atoms in total. The third-order valence-corrected chi connectivity index (χ3v) is 10.1. The third-order valence-electron chi connectivity index (χ3n) is 10.1. The van der Waals surface area contributed by atoms with Crippen molar-refractivity contribution in [1.82, 2.24) is 0 Å². The van der Waals surface area contributed by atoms with Crippen LogP contribution in [0.15, 0.2) is 60.8 Å². The van der Waals surface area contributed by atoms with E-state index in [9.17, 15) is 0 Å². The van der Waals surface area contributed by atoms with Gasteiger partial charge in [-0.2, -0.15) is 0 Å². The predicted molar refractivity (Wildman–Crippen MR) is 208 cm³/mol. The molecule has 1 aliphatic heterocycles. The Morgan fingerprint density at radius 3 is 1.19 bits per heavy atom. The Balaban J connectivity index is 1.51. The van der Waals surface area contributed by atoms with Gasteiger partial charge in [0.2, 0.25) is 0 Å². The van der Waals surface area contributed by atoms with E-state index in [0.29, 0.717) is 12.2 Å². The molecule has 1 saturated carbocycles. The Morgan fingerprint density at radius 2 is 0.745 bits per heavy atom. The van der Waals surface area contributed by atoms with Crippen LogP contribution in [-0.2, 0) is 9.47 Å². The fourth-order valence-corrected chi connectivity index (χ4v) is 7.24. The molecule has 0 spiro atoms. The smallest absolute Gasteiger partial charge is 0.169 e. The first kappa shape index (κ1) is 41.8. The lowest BCUT2D eigenvalue weighted by Crippen LogP contribution is -2.32. The highest BCUT2D eigenvalue weighted by Gasteiger charge is 2.50. The molecule has 2 aliphatic rings. The number of rotatable bonds is 31. The van der Waals surface area contributed by atoms with Crippen molar-refractivity contribution in [1.29, 1.82) is 0 Å². The zero-order valence-corrected chi connectivity index (χ0v) is 31.6. The number of fused-ring (bicyclic) bond motifs is 1. The minimum Gasteiger partial charge on any atom is -0.344 e. The quantitative estimate of drug-likeness (QED) is 0.0549. The summed E-state index contributed by atoms with van der Waals surface area (Å²) in [7, 11) is 0. The maximum Gasteiger partial charge on any atom is 0.169 e. The summed E-state index contributed by atoms with van der Waals surface area (Å²) < 4.78 is 13.5.